The first kappa shape index (κ1) is 13.1. The van der Waals surface area contributed by atoms with Crippen molar-refractivity contribution in [2.75, 3.05) is 5.73 Å². The molecule has 1 amide bonds. The first-order valence-electron chi connectivity index (χ1n) is 6.30. The highest BCUT2D eigenvalue weighted by Gasteiger charge is 2.13. The summed E-state index contributed by atoms with van der Waals surface area (Å²) in [5, 5.41) is 9.19. The van der Waals surface area contributed by atoms with Gasteiger partial charge >= 0.3 is 0 Å². The monoisotopic (exact) mass is 258 g/mol. The fraction of sp³-hybridized carbons (Fsp3) is 0.286. The molecule has 0 spiro atoms. The van der Waals surface area contributed by atoms with Crippen molar-refractivity contribution >= 4 is 11.7 Å². The minimum atomic E-state index is -0.188. The van der Waals surface area contributed by atoms with E-state index in [1.807, 2.05) is 25.1 Å². The Hall–Kier alpha value is -2.30. The molecule has 0 aliphatic heterocycles. The lowest BCUT2D eigenvalue weighted by atomic mass is 10.1. The molecule has 0 aliphatic carbocycles. The molecule has 1 aromatic carbocycles. The predicted molar refractivity (Wildman–Crippen MR) is 74.7 cm³/mol. The minimum absolute atomic E-state index is 0.0852. The van der Waals surface area contributed by atoms with Crippen LogP contribution in [-0.4, -0.2) is 22.1 Å². The fourth-order valence-corrected chi connectivity index (χ4v) is 1.88. The van der Waals surface area contributed by atoms with Crippen LogP contribution in [0.15, 0.2) is 36.5 Å². The van der Waals surface area contributed by atoms with Gasteiger partial charge in [-0.3, -0.25) is 9.89 Å². The van der Waals surface area contributed by atoms with Crippen LogP contribution in [-0.2, 0) is 6.42 Å². The van der Waals surface area contributed by atoms with E-state index < -0.39 is 0 Å². The van der Waals surface area contributed by atoms with Gasteiger partial charge in [0.15, 0.2) is 0 Å². The molecule has 0 bridgehead atoms. The highest BCUT2D eigenvalue weighted by molar-refractivity contribution is 5.98. The van der Waals surface area contributed by atoms with Gasteiger partial charge in [-0.05, 0) is 25.3 Å². The van der Waals surface area contributed by atoms with E-state index in [1.165, 1.54) is 11.8 Å². The van der Waals surface area contributed by atoms with Crippen molar-refractivity contribution in [3.05, 3.63) is 47.7 Å². The van der Waals surface area contributed by atoms with E-state index in [1.54, 1.807) is 0 Å². The van der Waals surface area contributed by atoms with Gasteiger partial charge in [0.2, 0.25) is 0 Å². The SMILES string of the molecule is CC(CCc1ccccc1)NC(=O)c1cn[nH]c1N. The van der Waals surface area contributed by atoms with E-state index >= 15 is 0 Å². The Kier molecular flexibility index (Phi) is 4.18. The number of anilines is 1. The number of nitrogens with two attached hydrogens (primary N) is 1. The van der Waals surface area contributed by atoms with Crippen LogP contribution >= 0.6 is 0 Å². The summed E-state index contributed by atoms with van der Waals surface area (Å²) in [5.74, 6) is 0.111. The third-order valence-electron chi connectivity index (χ3n) is 3.00. The third-order valence-corrected chi connectivity index (χ3v) is 3.00. The Morgan fingerprint density at radius 1 is 1.42 bits per heavy atom. The van der Waals surface area contributed by atoms with Crippen molar-refractivity contribution < 1.29 is 4.79 Å². The molecule has 19 heavy (non-hydrogen) atoms. The molecule has 1 atom stereocenters. The maximum Gasteiger partial charge on any atom is 0.256 e. The number of H-pyrrole nitrogens is 1. The molecule has 0 saturated carbocycles. The van der Waals surface area contributed by atoms with Crippen LogP contribution in [0, 0.1) is 0 Å². The van der Waals surface area contributed by atoms with Gasteiger partial charge in [-0.25, -0.2) is 0 Å². The maximum absolute atomic E-state index is 11.9. The van der Waals surface area contributed by atoms with E-state index in [-0.39, 0.29) is 11.9 Å². The van der Waals surface area contributed by atoms with Gasteiger partial charge < -0.3 is 11.1 Å². The molecule has 5 nitrogen and oxygen atoms in total. The fourth-order valence-electron chi connectivity index (χ4n) is 1.88. The minimum Gasteiger partial charge on any atom is -0.383 e. The second kappa shape index (κ2) is 6.04. The number of hydrogen-bond donors (Lipinski definition) is 3. The predicted octanol–water partition coefficient (Wildman–Crippen LogP) is 1.74. The lowest BCUT2D eigenvalue weighted by molar-refractivity contribution is 0.0939. The van der Waals surface area contributed by atoms with E-state index in [9.17, 15) is 4.79 Å². The molecule has 2 aromatic rings. The van der Waals surface area contributed by atoms with Crippen LogP contribution in [0.5, 0.6) is 0 Å². The number of carbonyl (C=O) groups is 1. The topological polar surface area (TPSA) is 83.8 Å². The van der Waals surface area contributed by atoms with Gasteiger partial charge in [0, 0.05) is 6.04 Å². The molecular formula is C14H18N4O. The summed E-state index contributed by atoms with van der Waals surface area (Å²) in [6.07, 6.45) is 3.26. The average molecular weight is 258 g/mol. The van der Waals surface area contributed by atoms with E-state index in [0.29, 0.717) is 11.4 Å². The smallest absolute Gasteiger partial charge is 0.256 e. The van der Waals surface area contributed by atoms with Crippen molar-refractivity contribution in [1.29, 1.82) is 0 Å². The van der Waals surface area contributed by atoms with Gasteiger partial charge in [0.25, 0.3) is 5.91 Å². The number of nitrogens with zero attached hydrogens (tertiary/aromatic N) is 1. The van der Waals surface area contributed by atoms with Crippen molar-refractivity contribution in [3.63, 3.8) is 0 Å². The molecule has 0 saturated heterocycles. The molecule has 1 heterocycles. The molecular weight excluding hydrogens is 240 g/mol. The molecule has 1 aromatic heterocycles. The highest BCUT2D eigenvalue weighted by atomic mass is 16.1. The quantitative estimate of drug-likeness (QED) is 0.763. The van der Waals surface area contributed by atoms with Crippen LogP contribution < -0.4 is 11.1 Å². The summed E-state index contributed by atoms with van der Waals surface area (Å²) in [5.41, 5.74) is 7.27. The number of carbonyl (C=O) groups excluding carboxylic acids is 1. The Balaban J connectivity index is 1.83. The molecule has 100 valence electrons. The summed E-state index contributed by atoms with van der Waals surface area (Å²) >= 11 is 0. The number of aromatic amines is 1. The van der Waals surface area contributed by atoms with Crippen LogP contribution in [0.2, 0.25) is 0 Å². The lowest BCUT2D eigenvalue weighted by Crippen LogP contribution is -2.33. The molecule has 1 unspecified atom stereocenters. The van der Waals surface area contributed by atoms with Gasteiger partial charge in [-0.15, -0.1) is 0 Å². The number of rotatable bonds is 5. The zero-order valence-electron chi connectivity index (χ0n) is 10.9. The number of benzene rings is 1. The van der Waals surface area contributed by atoms with Crippen molar-refractivity contribution in [2.45, 2.75) is 25.8 Å². The van der Waals surface area contributed by atoms with E-state index in [4.69, 9.17) is 5.73 Å². The number of nitrogens with one attached hydrogen (secondary N) is 2. The van der Waals surface area contributed by atoms with Gasteiger partial charge in [-0.2, -0.15) is 5.10 Å². The number of aryl methyl sites for hydroxylation is 1. The Morgan fingerprint density at radius 3 is 2.79 bits per heavy atom. The maximum atomic E-state index is 11.9. The first-order chi connectivity index (χ1) is 9.16. The molecule has 5 heteroatoms. The standard InChI is InChI=1S/C14H18N4O/c1-10(7-8-11-5-3-2-4-6-11)17-14(19)12-9-16-18-13(12)15/h2-6,9-10H,7-8H2,1H3,(H,17,19)(H3,15,16,18). The summed E-state index contributed by atoms with van der Waals surface area (Å²) in [6, 6.07) is 10.3. The second-order valence-electron chi connectivity index (χ2n) is 4.60. The number of amides is 1. The molecule has 2 rings (SSSR count). The summed E-state index contributed by atoms with van der Waals surface area (Å²) < 4.78 is 0. The molecule has 0 radical (unpaired) electrons. The second-order valence-corrected chi connectivity index (χ2v) is 4.60. The van der Waals surface area contributed by atoms with Crippen molar-refractivity contribution in [1.82, 2.24) is 15.5 Å². The zero-order chi connectivity index (χ0) is 13.7. The van der Waals surface area contributed by atoms with E-state index in [2.05, 4.69) is 27.6 Å². The molecule has 0 fully saturated rings. The van der Waals surface area contributed by atoms with Crippen molar-refractivity contribution in [2.24, 2.45) is 0 Å². The van der Waals surface area contributed by atoms with Gasteiger partial charge in [0.1, 0.15) is 11.4 Å². The van der Waals surface area contributed by atoms with Gasteiger partial charge in [-0.1, -0.05) is 30.3 Å². The van der Waals surface area contributed by atoms with Gasteiger partial charge in [0.05, 0.1) is 6.20 Å². The van der Waals surface area contributed by atoms with Crippen LogP contribution in [0.25, 0.3) is 0 Å². The molecule has 4 N–H and O–H groups in total. The van der Waals surface area contributed by atoms with Crippen LogP contribution in [0.1, 0.15) is 29.3 Å². The zero-order valence-corrected chi connectivity index (χ0v) is 10.9. The average Bonchev–Trinajstić information content (AvgIpc) is 2.84. The third kappa shape index (κ3) is 3.58. The van der Waals surface area contributed by atoms with Crippen LogP contribution in [0.4, 0.5) is 5.82 Å². The normalized spacial score (nSPS) is 12.1. The number of hydrogen-bond acceptors (Lipinski definition) is 3. The first-order valence-corrected chi connectivity index (χ1v) is 6.30. The number of nitrogen functional groups attached to an aromatic ring is 1. The summed E-state index contributed by atoms with van der Waals surface area (Å²) in [4.78, 5) is 11.9. The highest BCUT2D eigenvalue weighted by Crippen LogP contribution is 2.08. The van der Waals surface area contributed by atoms with Crippen LogP contribution in [0.3, 0.4) is 0 Å². The Labute approximate surface area is 112 Å². The molecule has 0 aliphatic rings. The Bertz CT molecular complexity index is 535. The Morgan fingerprint density at radius 2 is 2.16 bits per heavy atom. The largest absolute Gasteiger partial charge is 0.383 e. The summed E-state index contributed by atoms with van der Waals surface area (Å²) in [6.45, 7) is 1.98. The van der Waals surface area contributed by atoms with Crippen molar-refractivity contribution in [3.8, 4) is 0 Å². The lowest BCUT2D eigenvalue weighted by Gasteiger charge is -2.13. The number of aromatic nitrogens is 2. The van der Waals surface area contributed by atoms with E-state index in [0.717, 1.165) is 12.8 Å². The summed E-state index contributed by atoms with van der Waals surface area (Å²) in [7, 11) is 0.